The molecule has 0 saturated carbocycles. The van der Waals surface area contributed by atoms with Crippen LogP contribution in [0.1, 0.15) is 16.7 Å². The van der Waals surface area contributed by atoms with Crippen molar-refractivity contribution in [3.63, 3.8) is 0 Å². The van der Waals surface area contributed by atoms with E-state index in [4.69, 9.17) is 0 Å². The molecule has 0 heterocycles. The minimum absolute atomic E-state index is 0.201. The Morgan fingerprint density at radius 3 is 1.35 bits per heavy atom. The highest BCUT2D eigenvalue weighted by molar-refractivity contribution is 5.53. The van der Waals surface area contributed by atoms with E-state index in [1.54, 1.807) is 0 Å². The minimum Gasteiger partial charge on any atom is -0.507 e. The Morgan fingerprint density at radius 1 is 0.700 bits per heavy atom. The highest BCUT2D eigenvalue weighted by Crippen LogP contribution is 2.36. The first-order chi connectivity index (χ1) is 9.22. The van der Waals surface area contributed by atoms with Crippen LogP contribution in [-0.4, -0.2) is 67.2 Å². The molecule has 0 atom stereocenters. The number of hydrogen-bond donors (Lipinski definition) is 2. The Labute approximate surface area is 122 Å². The third kappa shape index (κ3) is 4.37. The standard InChI is InChI=1S/C15H27N3O2/c1-16(2)8-11-7-12(9-17(3)4)15(20)13(14(11)19)10-18(5)6/h7,19-20H,8-10H2,1-6H3. The number of nitrogens with zero attached hydrogens (tertiary/aromatic N) is 3. The van der Waals surface area contributed by atoms with Crippen LogP contribution < -0.4 is 0 Å². The molecular weight excluding hydrogens is 254 g/mol. The van der Waals surface area contributed by atoms with E-state index in [1.807, 2.05) is 63.1 Å². The maximum atomic E-state index is 10.4. The highest BCUT2D eigenvalue weighted by atomic mass is 16.3. The van der Waals surface area contributed by atoms with E-state index >= 15 is 0 Å². The van der Waals surface area contributed by atoms with Crippen molar-refractivity contribution in [2.75, 3.05) is 42.3 Å². The van der Waals surface area contributed by atoms with Gasteiger partial charge in [0.15, 0.2) is 0 Å². The molecule has 20 heavy (non-hydrogen) atoms. The van der Waals surface area contributed by atoms with E-state index in [1.165, 1.54) is 0 Å². The second-order valence-corrected chi connectivity index (χ2v) is 6.08. The van der Waals surface area contributed by atoms with Gasteiger partial charge in [0, 0.05) is 30.8 Å². The Balaban J connectivity index is 3.31. The van der Waals surface area contributed by atoms with E-state index < -0.39 is 0 Å². The molecule has 0 amide bonds. The number of phenolic OH excluding ortho intramolecular Hbond substituents is 2. The maximum Gasteiger partial charge on any atom is 0.128 e. The van der Waals surface area contributed by atoms with Gasteiger partial charge in [-0.3, -0.25) is 0 Å². The van der Waals surface area contributed by atoms with Gasteiger partial charge in [-0.05, 0) is 48.4 Å². The van der Waals surface area contributed by atoms with Crippen LogP contribution in [0.3, 0.4) is 0 Å². The van der Waals surface area contributed by atoms with E-state index in [0.717, 1.165) is 11.1 Å². The van der Waals surface area contributed by atoms with Crippen molar-refractivity contribution in [3.8, 4) is 11.5 Å². The zero-order valence-corrected chi connectivity index (χ0v) is 13.4. The molecule has 0 spiro atoms. The first kappa shape index (κ1) is 16.8. The molecule has 5 heteroatoms. The third-order valence-corrected chi connectivity index (χ3v) is 2.98. The summed E-state index contributed by atoms with van der Waals surface area (Å²) in [6.07, 6.45) is 0. The van der Waals surface area contributed by atoms with Crippen LogP contribution >= 0.6 is 0 Å². The molecule has 0 aliphatic carbocycles. The Kier molecular flexibility index (Phi) is 5.80. The molecule has 0 aromatic heterocycles. The van der Waals surface area contributed by atoms with Gasteiger partial charge in [-0.1, -0.05) is 0 Å². The van der Waals surface area contributed by atoms with Crippen LogP contribution in [0.25, 0.3) is 0 Å². The lowest BCUT2D eigenvalue weighted by molar-refractivity contribution is 0.346. The van der Waals surface area contributed by atoms with Gasteiger partial charge in [0.05, 0.1) is 5.56 Å². The van der Waals surface area contributed by atoms with Gasteiger partial charge < -0.3 is 24.9 Å². The largest absolute Gasteiger partial charge is 0.507 e. The van der Waals surface area contributed by atoms with Crippen LogP contribution in [-0.2, 0) is 19.6 Å². The number of phenols is 2. The molecule has 0 unspecified atom stereocenters. The first-order valence-corrected chi connectivity index (χ1v) is 6.72. The summed E-state index contributed by atoms with van der Waals surface area (Å²) in [5.74, 6) is 0.403. The normalized spacial score (nSPS) is 11.8. The number of benzene rings is 1. The van der Waals surface area contributed by atoms with E-state index in [-0.39, 0.29) is 11.5 Å². The van der Waals surface area contributed by atoms with Crippen LogP contribution in [0.4, 0.5) is 0 Å². The van der Waals surface area contributed by atoms with Crippen molar-refractivity contribution in [3.05, 3.63) is 22.8 Å². The van der Waals surface area contributed by atoms with Gasteiger partial charge in [-0.25, -0.2) is 0 Å². The Hall–Kier alpha value is -1.30. The molecule has 0 aliphatic rings. The monoisotopic (exact) mass is 281 g/mol. The molecule has 0 fully saturated rings. The average molecular weight is 281 g/mol. The van der Waals surface area contributed by atoms with Crippen LogP contribution in [0.15, 0.2) is 6.07 Å². The van der Waals surface area contributed by atoms with Crippen LogP contribution in [0.5, 0.6) is 11.5 Å². The summed E-state index contributed by atoms with van der Waals surface area (Å²) in [7, 11) is 11.7. The molecule has 0 aliphatic heterocycles. The Bertz CT molecular complexity index is 423. The van der Waals surface area contributed by atoms with Crippen molar-refractivity contribution in [1.29, 1.82) is 0 Å². The lowest BCUT2D eigenvalue weighted by Crippen LogP contribution is -2.16. The predicted octanol–water partition coefficient (Wildman–Crippen LogP) is 1.28. The molecule has 1 rings (SSSR count). The fraction of sp³-hybridized carbons (Fsp3) is 0.600. The number of rotatable bonds is 6. The molecule has 2 N–H and O–H groups in total. The van der Waals surface area contributed by atoms with Gasteiger partial charge in [0.1, 0.15) is 11.5 Å². The summed E-state index contributed by atoms with van der Waals surface area (Å²) in [5, 5.41) is 20.8. The molecule has 1 aromatic rings. The van der Waals surface area contributed by atoms with E-state index in [0.29, 0.717) is 25.2 Å². The summed E-state index contributed by atoms with van der Waals surface area (Å²) in [6.45, 7) is 1.80. The van der Waals surface area contributed by atoms with Gasteiger partial charge in [0.2, 0.25) is 0 Å². The molecule has 114 valence electrons. The molecule has 0 radical (unpaired) electrons. The van der Waals surface area contributed by atoms with Crippen LogP contribution in [0.2, 0.25) is 0 Å². The van der Waals surface area contributed by atoms with Crippen molar-refractivity contribution in [2.24, 2.45) is 0 Å². The summed E-state index contributed by atoms with van der Waals surface area (Å²) in [5.41, 5.74) is 2.30. The highest BCUT2D eigenvalue weighted by Gasteiger charge is 2.18. The first-order valence-electron chi connectivity index (χ1n) is 6.72. The predicted molar refractivity (Wildman–Crippen MR) is 81.9 cm³/mol. The SMILES string of the molecule is CN(C)Cc1cc(CN(C)C)c(O)c(CN(C)C)c1O. The zero-order valence-electron chi connectivity index (χ0n) is 13.4. The Morgan fingerprint density at radius 2 is 1.05 bits per heavy atom. The third-order valence-electron chi connectivity index (χ3n) is 2.98. The lowest BCUT2D eigenvalue weighted by Gasteiger charge is -2.21. The molecule has 0 saturated heterocycles. The smallest absolute Gasteiger partial charge is 0.128 e. The average Bonchev–Trinajstić information content (AvgIpc) is 2.29. The van der Waals surface area contributed by atoms with Crippen molar-refractivity contribution < 1.29 is 10.2 Å². The summed E-state index contributed by atoms with van der Waals surface area (Å²) in [6, 6.07) is 1.89. The van der Waals surface area contributed by atoms with Crippen molar-refractivity contribution in [1.82, 2.24) is 14.7 Å². The number of aromatic hydroxyl groups is 2. The second kappa shape index (κ2) is 6.92. The molecule has 5 nitrogen and oxygen atoms in total. The van der Waals surface area contributed by atoms with Gasteiger partial charge in [-0.2, -0.15) is 0 Å². The molecule has 0 bridgehead atoms. The fourth-order valence-corrected chi connectivity index (χ4v) is 2.24. The van der Waals surface area contributed by atoms with E-state index in [9.17, 15) is 10.2 Å². The summed E-state index contributed by atoms with van der Waals surface area (Å²) < 4.78 is 0. The van der Waals surface area contributed by atoms with Crippen molar-refractivity contribution >= 4 is 0 Å². The summed E-state index contributed by atoms with van der Waals surface area (Å²) >= 11 is 0. The number of hydrogen-bond acceptors (Lipinski definition) is 5. The van der Waals surface area contributed by atoms with Gasteiger partial charge in [0.25, 0.3) is 0 Å². The minimum atomic E-state index is 0.201. The van der Waals surface area contributed by atoms with E-state index in [2.05, 4.69) is 0 Å². The maximum absolute atomic E-state index is 10.4. The van der Waals surface area contributed by atoms with Crippen molar-refractivity contribution in [2.45, 2.75) is 19.6 Å². The zero-order chi connectivity index (χ0) is 15.4. The lowest BCUT2D eigenvalue weighted by atomic mass is 10.0. The van der Waals surface area contributed by atoms with Gasteiger partial charge in [-0.15, -0.1) is 0 Å². The quantitative estimate of drug-likeness (QED) is 0.823. The second-order valence-electron chi connectivity index (χ2n) is 6.08. The van der Waals surface area contributed by atoms with Gasteiger partial charge >= 0.3 is 0 Å². The summed E-state index contributed by atoms with van der Waals surface area (Å²) in [4.78, 5) is 5.95. The topological polar surface area (TPSA) is 50.2 Å². The fourth-order valence-electron chi connectivity index (χ4n) is 2.24. The molecular formula is C15H27N3O2. The molecule has 1 aromatic carbocycles. The van der Waals surface area contributed by atoms with Crippen LogP contribution in [0, 0.1) is 0 Å².